The molecule has 0 saturated heterocycles. The van der Waals surface area contributed by atoms with E-state index in [2.05, 4.69) is 10.6 Å². The minimum Gasteiger partial charge on any atom is -0.383 e. The third-order valence-electron chi connectivity index (χ3n) is 3.55. The number of rotatable bonds is 7. The quantitative estimate of drug-likeness (QED) is 0.767. The summed E-state index contributed by atoms with van der Waals surface area (Å²) in [6.07, 6.45) is 0. The normalized spacial score (nSPS) is 10.2. The summed E-state index contributed by atoms with van der Waals surface area (Å²) in [5.74, 6) is -0.428. The second-order valence-corrected chi connectivity index (χ2v) is 5.50. The van der Waals surface area contributed by atoms with E-state index >= 15 is 0 Å². The van der Waals surface area contributed by atoms with Crippen molar-refractivity contribution in [3.63, 3.8) is 0 Å². The average Bonchev–Trinajstić information content (AvgIpc) is 2.61. The van der Waals surface area contributed by atoms with E-state index in [0.717, 1.165) is 5.56 Å². The number of amides is 2. The molecule has 0 radical (unpaired) electrons. The van der Waals surface area contributed by atoms with Crippen LogP contribution in [-0.2, 0) is 11.3 Å². The van der Waals surface area contributed by atoms with E-state index in [1.54, 1.807) is 31.4 Å². The van der Waals surface area contributed by atoms with Crippen LogP contribution in [0.1, 0.15) is 31.8 Å². The maximum atomic E-state index is 12.3. The van der Waals surface area contributed by atoms with Gasteiger partial charge in [-0.15, -0.1) is 0 Å². The summed E-state index contributed by atoms with van der Waals surface area (Å²) in [6, 6.07) is 14.6. The molecular weight excluding hydrogens is 304 g/mol. The van der Waals surface area contributed by atoms with E-state index in [1.165, 1.54) is 5.56 Å². The van der Waals surface area contributed by atoms with Crippen molar-refractivity contribution in [3.8, 4) is 0 Å². The highest BCUT2D eigenvalue weighted by atomic mass is 16.5. The predicted octanol–water partition coefficient (Wildman–Crippen LogP) is 2.30. The summed E-state index contributed by atoms with van der Waals surface area (Å²) >= 11 is 0. The Morgan fingerprint density at radius 3 is 2.21 bits per heavy atom. The lowest BCUT2D eigenvalue weighted by Crippen LogP contribution is -2.27. The van der Waals surface area contributed by atoms with Gasteiger partial charge >= 0.3 is 0 Å². The van der Waals surface area contributed by atoms with E-state index in [-0.39, 0.29) is 11.8 Å². The van der Waals surface area contributed by atoms with Crippen LogP contribution in [0.4, 0.5) is 0 Å². The van der Waals surface area contributed by atoms with Crippen LogP contribution in [0, 0.1) is 6.92 Å². The molecule has 24 heavy (non-hydrogen) atoms. The van der Waals surface area contributed by atoms with Crippen molar-refractivity contribution in [3.05, 3.63) is 70.8 Å². The molecule has 2 aromatic carbocycles. The largest absolute Gasteiger partial charge is 0.383 e. The monoisotopic (exact) mass is 326 g/mol. The van der Waals surface area contributed by atoms with Crippen LogP contribution in [0.3, 0.4) is 0 Å². The van der Waals surface area contributed by atoms with Gasteiger partial charge in [-0.3, -0.25) is 9.59 Å². The van der Waals surface area contributed by atoms with Crippen LogP contribution in [0.25, 0.3) is 0 Å². The zero-order valence-corrected chi connectivity index (χ0v) is 14.0. The van der Waals surface area contributed by atoms with Gasteiger partial charge in [0.1, 0.15) is 0 Å². The molecule has 0 aliphatic carbocycles. The molecular formula is C19H22N2O3. The number of ether oxygens (including phenoxy) is 1. The topological polar surface area (TPSA) is 67.4 Å². The van der Waals surface area contributed by atoms with E-state index in [0.29, 0.717) is 30.8 Å². The summed E-state index contributed by atoms with van der Waals surface area (Å²) in [5, 5.41) is 5.60. The second kappa shape index (κ2) is 8.84. The van der Waals surface area contributed by atoms with Gasteiger partial charge in [-0.2, -0.15) is 0 Å². The minimum atomic E-state index is -0.222. The molecule has 0 bridgehead atoms. The van der Waals surface area contributed by atoms with Crippen LogP contribution in [-0.4, -0.2) is 32.1 Å². The summed E-state index contributed by atoms with van der Waals surface area (Å²) in [5.41, 5.74) is 3.12. The molecule has 0 unspecified atom stereocenters. The Morgan fingerprint density at radius 1 is 0.958 bits per heavy atom. The van der Waals surface area contributed by atoms with E-state index < -0.39 is 0 Å². The van der Waals surface area contributed by atoms with Crippen LogP contribution >= 0.6 is 0 Å². The van der Waals surface area contributed by atoms with Crippen molar-refractivity contribution in [1.82, 2.24) is 10.6 Å². The van der Waals surface area contributed by atoms with Crippen molar-refractivity contribution in [2.24, 2.45) is 0 Å². The molecule has 0 aromatic heterocycles. The van der Waals surface area contributed by atoms with E-state index in [1.807, 2.05) is 31.2 Å². The molecule has 2 N–H and O–H groups in total. The molecule has 2 aromatic rings. The maximum Gasteiger partial charge on any atom is 0.251 e. The molecule has 0 aliphatic rings. The first-order valence-corrected chi connectivity index (χ1v) is 7.81. The summed E-state index contributed by atoms with van der Waals surface area (Å²) in [7, 11) is 1.57. The number of benzene rings is 2. The van der Waals surface area contributed by atoms with Gasteiger partial charge in [0, 0.05) is 31.3 Å². The average molecular weight is 326 g/mol. The number of carbonyl (C=O) groups excluding carboxylic acids is 2. The fourth-order valence-corrected chi connectivity index (χ4v) is 2.16. The van der Waals surface area contributed by atoms with Gasteiger partial charge in [0.2, 0.25) is 0 Å². The molecule has 0 saturated carbocycles. The lowest BCUT2D eigenvalue weighted by molar-refractivity contribution is 0.0937. The lowest BCUT2D eigenvalue weighted by atomic mass is 10.1. The molecule has 0 aliphatic heterocycles. The molecule has 0 heterocycles. The molecule has 5 nitrogen and oxygen atoms in total. The second-order valence-electron chi connectivity index (χ2n) is 5.50. The summed E-state index contributed by atoms with van der Waals surface area (Å²) < 4.78 is 4.89. The van der Waals surface area contributed by atoms with Crippen LogP contribution in [0.15, 0.2) is 48.5 Å². The van der Waals surface area contributed by atoms with Crippen molar-refractivity contribution in [2.75, 3.05) is 20.3 Å². The van der Waals surface area contributed by atoms with E-state index in [4.69, 9.17) is 4.74 Å². The smallest absolute Gasteiger partial charge is 0.251 e. The van der Waals surface area contributed by atoms with Gasteiger partial charge in [-0.05, 0) is 30.7 Å². The van der Waals surface area contributed by atoms with Gasteiger partial charge in [-0.1, -0.05) is 35.9 Å². The Labute approximate surface area is 142 Å². The van der Waals surface area contributed by atoms with Crippen molar-refractivity contribution < 1.29 is 14.3 Å². The molecule has 0 fully saturated rings. The van der Waals surface area contributed by atoms with Crippen molar-refractivity contribution >= 4 is 11.8 Å². The Hall–Kier alpha value is -2.66. The molecule has 2 rings (SSSR count). The fourth-order valence-electron chi connectivity index (χ4n) is 2.16. The number of hydrogen-bond acceptors (Lipinski definition) is 3. The van der Waals surface area contributed by atoms with Crippen LogP contribution in [0.2, 0.25) is 0 Å². The standard InChI is InChI=1S/C19H22N2O3/c1-14-6-8-15(9-7-14)13-21-19(23)17-5-3-4-16(12-17)18(22)20-10-11-24-2/h3-9,12H,10-11,13H2,1-2H3,(H,20,22)(H,21,23). The predicted molar refractivity (Wildman–Crippen MR) is 93.0 cm³/mol. The first-order chi connectivity index (χ1) is 11.6. The van der Waals surface area contributed by atoms with Gasteiger partial charge in [0.15, 0.2) is 0 Å². The number of methoxy groups -OCH3 is 1. The third-order valence-corrected chi connectivity index (χ3v) is 3.55. The first-order valence-electron chi connectivity index (χ1n) is 7.81. The Bertz CT molecular complexity index is 696. The minimum absolute atomic E-state index is 0.206. The Morgan fingerprint density at radius 2 is 1.58 bits per heavy atom. The van der Waals surface area contributed by atoms with Crippen LogP contribution < -0.4 is 10.6 Å². The molecule has 126 valence electrons. The molecule has 0 atom stereocenters. The first kappa shape index (κ1) is 17.7. The number of nitrogens with one attached hydrogen (secondary N) is 2. The lowest BCUT2D eigenvalue weighted by Gasteiger charge is -2.08. The number of carbonyl (C=O) groups is 2. The molecule has 5 heteroatoms. The SMILES string of the molecule is COCCNC(=O)c1cccc(C(=O)NCc2ccc(C)cc2)c1. The zero-order chi connectivity index (χ0) is 17.4. The van der Waals surface area contributed by atoms with Crippen molar-refractivity contribution in [1.29, 1.82) is 0 Å². The van der Waals surface area contributed by atoms with E-state index in [9.17, 15) is 9.59 Å². The highest BCUT2D eigenvalue weighted by Crippen LogP contribution is 2.07. The Kier molecular flexibility index (Phi) is 6.51. The van der Waals surface area contributed by atoms with Gasteiger partial charge in [-0.25, -0.2) is 0 Å². The van der Waals surface area contributed by atoms with Gasteiger partial charge < -0.3 is 15.4 Å². The zero-order valence-electron chi connectivity index (χ0n) is 14.0. The highest BCUT2D eigenvalue weighted by Gasteiger charge is 2.10. The molecule has 2 amide bonds. The maximum absolute atomic E-state index is 12.3. The Balaban J connectivity index is 1.95. The summed E-state index contributed by atoms with van der Waals surface area (Å²) in [4.78, 5) is 24.3. The summed E-state index contributed by atoms with van der Waals surface area (Å²) in [6.45, 7) is 3.34. The molecule has 0 spiro atoms. The number of aryl methyl sites for hydroxylation is 1. The highest BCUT2D eigenvalue weighted by molar-refractivity contribution is 5.99. The van der Waals surface area contributed by atoms with Crippen molar-refractivity contribution in [2.45, 2.75) is 13.5 Å². The third kappa shape index (κ3) is 5.21. The fraction of sp³-hybridized carbons (Fsp3) is 0.263. The van der Waals surface area contributed by atoms with Gasteiger partial charge in [0.05, 0.1) is 6.61 Å². The van der Waals surface area contributed by atoms with Crippen LogP contribution in [0.5, 0.6) is 0 Å². The number of hydrogen-bond donors (Lipinski definition) is 2. The van der Waals surface area contributed by atoms with Gasteiger partial charge in [0.25, 0.3) is 11.8 Å².